The number of halogens is 2. The smallest absolute Gasteiger partial charge is 0.141 e. The molecule has 21 heavy (non-hydrogen) atoms. The molecule has 0 aliphatic rings. The van der Waals surface area contributed by atoms with E-state index in [4.69, 9.17) is 21.1 Å². The van der Waals surface area contributed by atoms with E-state index in [1.54, 1.807) is 19.2 Å². The van der Waals surface area contributed by atoms with Crippen LogP contribution in [0.25, 0.3) is 0 Å². The SMILES string of the molecule is COc1ccc(OCCNCc2ccc(F)c(Cl)c2)cc1. The highest BCUT2D eigenvalue weighted by atomic mass is 35.5. The summed E-state index contributed by atoms with van der Waals surface area (Å²) in [6.45, 7) is 1.84. The zero-order valence-electron chi connectivity index (χ0n) is 11.7. The zero-order chi connectivity index (χ0) is 15.1. The minimum absolute atomic E-state index is 0.142. The second-order valence-electron chi connectivity index (χ2n) is 4.45. The van der Waals surface area contributed by atoms with E-state index < -0.39 is 5.82 Å². The van der Waals surface area contributed by atoms with Crippen molar-refractivity contribution >= 4 is 11.6 Å². The summed E-state index contributed by atoms with van der Waals surface area (Å²) in [6.07, 6.45) is 0. The predicted molar refractivity (Wildman–Crippen MR) is 81.6 cm³/mol. The van der Waals surface area contributed by atoms with Crippen molar-refractivity contribution in [2.45, 2.75) is 6.54 Å². The van der Waals surface area contributed by atoms with Crippen molar-refractivity contribution in [1.29, 1.82) is 0 Å². The van der Waals surface area contributed by atoms with Gasteiger partial charge in [-0.15, -0.1) is 0 Å². The van der Waals surface area contributed by atoms with Crippen LogP contribution in [0.5, 0.6) is 11.5 Å². The normalized spacial score (nSPS) is 10.4. The molecule has 3 nitrogen and oxygen atoms in total. The van der Waals surface area contributed by atoms with Gasteiger partial charge in [-0.05, 0) is 42.0 Å². The van der Waals surface area contributed by atoms with Crippen molar-refractivity contribution in [2.24, 2.45) is 0 Å². The van der Waals surface area contributed by atoms with Gasteiger partial charge in [0, 0.05) is 13.1 Å². The molecular weight excluding hydrogens is 293 g/mol. The van der Waals surface area contributed by atoms with Gasteiger partial charge in [-0.1, -0.05) is 17.7 Å². The fraction of sp³-hybridized carbons (Fsp3) is 0.250. The molecule has 0 aromatic heterocycles. The Balaban J connectivity index is 1.68. The fourth-order valence-corrected chi connectivity index (χ4v) is 2.00. The molecule has 0 fully saturated rings. The Bertz CT molecular complexity index is 575. The molecule has 0 bridgehead atoms. The second-order valence-corrected chi connectivity index (χ2v) is 4.86. The Morgan fingerprint density at radius 1 is 1.10 bits per heavy atom. The van der Waals surface area contributed by atoms with E-state index in [1.807, 2.05) is 24.3 Å². The van der Waals surface area contributed by atoms with Crippen molar-refractivity contribution in [1.82, 2.24) is 5.32 Å². The second kappa shape index (κ2) is 7.86. The molecule has 2 rings (SSSR count). The predicted octanol–water partition coefficient (Wildman–Crippen LogP) is 3.66. The van der Waals surface area contributed by atoms with Gasteiger partial charge < -0.3 is 14.8 Å². The summed E-state index contributed by atoms with van der Waals surface area (Å²) in [7, 11) is 1.63. The van der Waals surface area contributed by atoms with E-state index >= 15 is 0 Å². The van der Waals surface area contributed by atoms with E-state index in [9.17, 15) is 4.39 Å². The van der Waals surface area contributed by atoms with Crippen LogP contribution in [0.2, 0.25) is 5.02 Å². The average Bonchev–Trinajstić information content (AvgIpc) is 2.51. The van der Waals surface area contributed by atoms with Gasteiger partial charge in [0.15, 0.2) is 0 Å². The molecule has 1 N–H and O–H groups in total. The van der Waals surface area contributed by atoms with Crippen LogP contribution in [0.15, 0.2) is 42.5 Å². The van der Waals surface area contributed by atoms with Crippen molar-refractivity contribution < 1.29 is 13.9 Å². The molecule has 2 aromatic rings. The Morgan fingerprint density at radius 2 is 1.81 bits per heavy atom. The molecule has 0 heterocycles. The van der Waals surface area contributed by atoms with Crippen molar-refractivity contribution in [3.63, 3.8) is 0 Å². The number of rotatable bonds is 7. The Hall–Kier alpha value is -1.78. The summed E-state index contributed by atoms with van der Waals surface area (Å²) in [5.74, 6) is 1.19. The third kappa shape index (κ3) is 4.92. The maximum Gasteiger partial charge on any atom is 0.141 e. The standard InChI is InChI=1S/C16H17ClFNO2/c1-20-13-3-5-14(6-4-13)21-9-8-19-11-12-2-7-16(18)15(17)10-12/h2-7,10,19H,8-9,11H2,1H3. The van der Waals surface area contributed by atoms with Crippen molar-refractivity contribution in [3.05, 3.63) is 58.9 Å². The van der Waals surface area contributed by atoms with Crippen molar-refractivity contribution in [3.8, 4) is 11.5 Å². The lowest BCUT2D eigenvalue weighted by Gasteiger charge is -2.08. The lowest BCUT2D eigenvalue weighted by molar-refractivity contribution is 0.313. The molecule has 0 aliphatic heterocycles. The average molecular weight is 310 g/mol. The first-order chi connectivity index (χ1) is 10.2. The quantitative estimate of drug-likeness (QED) is 0.792. The molecule has 2 aromatic carbocycles. The largest absolute Gasteiger partial charge is 0.497 e. The molecule has 0 spiro atoms. The highest BCUT2D eigenvalue weighted by molar-refractivity contribution is 6.30. The van der Waals surface area contributed by atoms with Gasteiger partial charge in [-0.3, -0.25) is 0 Å². The fourth-order valence-electron chi connectivity index (χ4n) is 1.80. The molecule has 0 radical (unpaired) electrons. The number of benzene rings is 2. The van der Waals surface area contributed by atoms with Crippen LogP contribution in [-0.2, 0) is 6.54 Å². The van der Waals surface area contributed by atoms with Crippen molar-refractivity contribution in [2.75, 3.05) is 20.3 Å². The van der Waals surface area contributed by atoms with Gasteiger partial charge in [0.05, 0.1) is 12.1 Å². The van der Waals surface area contributed by atoms with E-state index in [2.05, 4.69) is 5.32 Å². The van der Waals surface area contributed by atoms with E-state index in [0.29, 0.717) is 19.7 Å². The molecule has 0 saturated carbocycles. The summed E-state index contributed by atoms with van der Waals surface area (Å²) >= 11 is 5.72. The molecule has 0 aliphatic carbocycles. The molecule has 0 unspecified atom stereocenters. The summed E-state index contributed by atoms with van der Waals surface area (Å²) in [4.78, 5) is 0. The van der Waals surface area contributed by atoms with Crippen LogP contribution in [0.3, 0.4) is 0 Å². The summed E-state index contributed by atoms with van der Waals surface area (Å²) in [5, 5.41) is 3.35. The molecule has 5 heteroatoms. The summed E-state index contributed by atoms with van der Waals surface area (Å²) in [5.41, 5.74) is 0.936. The first-order valence-electron chi connectivity index (χ1n) is 6.60. The Morgan fingerprint density at radius 3 is 2.48 bits per heavy atom. The van der Waals surface area contributed by atoms with Gasteiger partial charge >= 0.3 is 0 Å². The third-order valence-corrected chi connectivity index (χ3v) is 3.21. The molecule has 0 amide bonds. The van der Waals surface area contributed by atoms with Gasteiger partial charge in [0.1, 0.15) is 23.9 Å². The van der Waals surface area contributed by atoms with Crippen LogP contribution in [0.4, 0.5) is 4.39 Å². The number of ether oxygens (including phenoxy) is 2. The zero-order valence-corrected chi connectivity index (χ0v) is 12.5. The molecule has 0 saturated heterocycles. The van der Waals surface area contributed by atoms with E-state index in [0.717, 1.165) is 17.1 Å². The first kappa shape index (κ1) is 15.6. The first-order valence-corrected chi connectivity index (χ1v) is 6.98. The Kier molecular flexibility index (Phi) is 5.84. The lowest BCUT2D eigenvalue weighted by Crippen LogP contribution is -2.20. The summed E-state index contributed by atoms with van der Waals surface area (Å²) < 4.78 is 23.7. The Labute approximate surface area is 128 Å². The van der Waals surface area contributed by atoms with E-state index in [1.165, 1.54) is 6.07 Å². The highest BCUT2D eigenvalue weighted by Crippen LogP contribution is 2.17. The van der Waals surface area contributed by atoms with E-state index in [-0.39, 0.29) is 5.02 Å². The third-order valence-electron chi connectivity index (χ3n) is 2.92. The maximum atomic E-state index is 13.0. The van der Waals surface area contributed by atoms with Crippen LogP contribution in [0, 0.1) is 5.82 Å². The summed E-state index contributed by atoms with van der Waals surface area (Å²) in [6, 6.07) is 12.1. The van der Waals surface area contributed by atoms with Gasteiger partial charge in [0.2, 0.25) is 0 Å². The highest BCUT2D eigenvalue weighted by Gasteiger charge is 2.00. The van der Waals surface area contributed by atoms with Crippen LogP contribution in [0.1, 0.15) is 5.56 Å². The van der Waals surface area contributed by atoms with Crippen LogP contribution < -0.4 is 14.8 Å². The number of nitrogens with one attached hydrogen (secondary N) is 1. The lowest BCUT2D eigenvalue weighted by atomic mass is 10.2. The topological polar surface area (TPSA) is 30.5 Å². The monoisotopic (exact) mass is 309 g/mol. The number of hydrogen-bond donors (Lipinski definition) is 1. The van der Waals surface area contributed by atoms with Gasteiger partial charge in [0.25, 0.3) is 0 Å². The van der Waals surface area contributed by atoms with Crippen LogP contribution in [-0.4, -0.2) is 20.3 Å². The van der Waals surface area contributed by atoms with Crippen LogP contribution >= 0.6 is 11.6 Å². The number of methoxy groups -OCH3 is 1. The van der Waals surface area contributed by atoms with Gasteiger partial charge in [-0.2, -0.15) is 0 Å². The number of hydrogen-bond acceptors (Lipinski definition) is 3. The molecule has 0 atom stereocenters. The molecule has 112 valence electrons. The minimum Gasteiger partial charge on any atom is -0.497 e. The van der Waals surface area contributed by atoms with Gasteiger partial charge in [-0.25, -0.2) is 4.39 Å². The minimum atomic E-state index is -0.400. The molecular formula is C16H17ClFNO2. The maximum absolute atomic E-state index is 13.0.